The van der Waals surface area contributed by atoms with E-state index in [1.54, 1.807) is 50.4 Å². The Morgan fingerprint density at radius 1 is 1.15 bits per heavy atom. The van der Waals surface area contributed by atoms with Gasteiger partial charge in [0, 0.05) is 16.8 Å². The molecule has 0 bridgehead atoms. The minimum Gasteiger partial charge on any atom is -0.497 e. The number of carbonyl (C=O) groups is 2. The highest BCUT2D eigenvalue weighted by molar-refractivity contribution is 6.31. The number of anilines is 1. The quantitative estimate of drug-likeness (QED) is 0.757. The van der Waals surface area contributed by atoms with Crippen LogP contribution in [0, 0.1) is 6.92 Å². The lowest BCUT2D eigenvalue weighted by Crippen LogP contribution is -2.41. The molecule has 136 valence electrons. The van der Waals surface area contributed by atoms with E-state index in [1.165, 1.54) is 6.08 Å². The summed E-state index contributed by atoms with van der Waals surface area (Å²) < 4.78 is 5.08. The van der Waals surface area contributed by atoms with Crippen molar-refractivity contribution >= 4 is 35.2 Å². The Balaban J connectivity index is 1.91. The lowest BCUT2D eigenvalue weighted by molar-refractivity contribution is -0.123. The summed E-state index contributed by atoms with van der Waals surface area (Å²) in [5, 5.41) is 5.97. The Labute approximate surface area is 158 Å². The van der Waals surface area contributed by atoms with Crippen LogP contribution in [-0.2, 0) is 9.59 Å². The first kappa shape index (κ1) is 19.5. The van der Waals surface area contributed by atoms with Gasteiger partial charge in [-0.15, -0.1) is 0 Å². The number of methoxy groups -OCH3 is 1. The molecule has 1 unspecified atom stereocenters. The van der Waals surface area contributed by atoms with Crippen molar-refractivity contribution in [3.63, 3.8) is 0 Å². The van der Waals surface area contributed by atoms with Crippen LogP contribution in [0.25, 0.3) is 6.08 Å². The van der Waals surface area contributed by atoms with Gasteiger partial charge in [0.25, 0.3) is 0 Å². The number of ether oxygens (including phenoxy) is 1. The fraction of sp³-hybridized carbons (Fsp3) is 0.200. The topological polar surface area (TPSA) is 67.4 Å². The van der Waals surface area contributed by atoms with Crippen molar-refractivity contribution in [3.8, 4) is 5.75 Å². The average molecular weight is 373 g/mol. The van der Waals surface area contributed by atoms with E-state index < -0.39 is 6.04 Å². The van der Waals surface area contributed by atoms with Crippen LogP contribution in [-0.4, -0.2) is 25.0 Å². The highest BCUT2D eigenvalue weighted by Crippen LogP contribution is 2.23. The van der Waals surface area contributed by atoms with E-state index in [2.05, 4.69) is 10.6 Å². The molecule has 0 heterocycles. The molecule has 0 fully saturated rings. The van der Waals surface area contributed by atoms with Gasteiger partial charge in [-0.3, -0.25) is 9.59 Å². The Hall–Kier alpha value is -2.79. The normalized spacial score (nSPS) is 11.8. The fourth-order valence-electron chi connectivity index (χ4n) is 2.20. The van der Waals surface area contributed by atoms with Crippen molar-refractivity contribution in [2.24, 2.45) is 0 Å². The zero-order valence-corrected chi connectivity index (χ0v) is 15.6. The van der Waals surface area contributed by atoms with Gasteiger partial charge in [-0.1, -0.05) is 29.8 Å². The maximum absolute atomic E-state index is 12.2. The van der Waals surface area contributed by atoms with Crippen molar-refractivity contribution in [1.29, 1.82) is 0 Å². The third-order valence-electron chi connectivity index (χ3n) is 3.82. The molecule has 2 aromatic carbocycles. The zero-order chi connectivity index (χ0) is 19.1. The van der Waals surface area contributed by atoms with Gasteiger partial charge in [-0.05, 0) is 55.3 Å². The molecule has 2 rings (SSSR count). The summed E-state index contributed by atoms with van der Waals surface area (Å²) in [7, 11) is 1.59. The van der Waals surface area contributed by atoms with Crippen molar-refractivity contribution in [2.75, 3.05) is 12.4 Å². The smallest absolute Gasteiger partial charge is 0.246 e. The number of hydrogen-bond acceptors (Lipinski definition) is 3. The molecule has 26 heavy (non-hydrogen) atoms. The van der Waals surface area contributed by atoms with Crippen LogP contribution in [0.5, 0.6) is 5.75 Å². The third kappa shape index (κ3) is 5.36. The van der Waals surface area contributed by atoms with Crippen LogP contribution in [0.1, 0.15) is 18.1 Å². The molecule has 0 spiro atoms. The van der Waals surface area contributed by atoms with Crippen molar-refractivity contribution in [1.82, 2.24) is 5.32 Å². The lowest BCUT2D eigenvalue weighted by atomic mass is 10.2. The molecule has 1 atom stereocenters. The van der Waals surface area contributed by atoms with Crippen molar-refractivity contribution < 1.29 is 14.3 Å². The maximum atomic E-state index is 12.2. The van der Waals surface area contributed by atoms with Gasteiger partial charge < -0.3 is 15.4 Å². The van der Waals surface area contributed by atoms with Crippen LogP contribution in [0.4, 0.5) is 5.69 Å². The van der Waals surface area contributed by atoms with E-state index in [4.69, 9.17) is 16.3 Å². The second kappa shape index (κ2) is 9.06. The largest absolute Gasteiger partial charge is 0.497 e. The summed E-state index contributed by atoms with van der Waals surface area (Å²) in [5.74, 6) is 0.0704. The molecule has 0 aliphatic carbocycles. The molecular formula is C20H21ClN2O3. The summed E-state index contributed by atoms with van der Waals surface area (Å²) in [6.45, 7) is 3.44. The van der Waals surface area contributed by atoms with Crippen LogP contribution in [0.3, 0.4) is 0 Å². The van der Waals surface area contributed by atoms with E-state index in [0.29, 0.717) is 10.7 Å². The molecule has 5 nitrogen and oxygen atoms in total. The minimum atomic E-state index is -0.693. The molecule has 2 aromatic rings. The highest BCUT2D eigenvalue weighted by atomic mass is 35.5. The Morgan fingerprint density at radius 2 is 1.85 bits per heavy atom. The molecule has 0 saturated heterocycles. The van der Waals surface area contributed by atoms with Gasteiger partial charge in [-0.2, -0.15) is 0 Å². The van der Waals surface area contributed by atoms with Crippen LogP contribution < -0.4 is 15.4 Å². The Kier molecular flexibility index (Phi) is 6.81. The first-order valence-corrected chi connectivity index (χ1v) is 8.47. The summed E-state index contributed by atoms with van der Waals surface area (Å²) >= 11 is 6.04. The molecule has 0 aliphatic rings. The van der Waals surface area contributed by atoms with Gasteiger partial charge >= 0.3 is 0 Å². The van der Waals surface area contributed by atoms with E-state index in [9.17, 15) is 9.59 Å². The predicted octanol–water partition coefficient (Wildman–Crippen LogP) is 3.81. The Morgan fingerprint density at radius 3 is 2.50 bits per heavy atom. The summed E-state index contributed by atoms with van der Waals surface area (Å²) in [6.07, 6.45) is 3.05. The predicted molar refractivity (Wildman–Crippen MR) is 104 cm³/mol. The maximum Gasteiger partial charge on any atom is 0.246 e. The van der Waals surface area contributed by atoms with Gasteiger partial charge in [0.05, 0.1) is 7.11 Å². The number of amides is 2. The number of halogens is 1. The Bertz CT molecular complexity index is 816. The second-order valence-electron chi connectivity index (χ2n) is 5.74. The standard InChI is InChI=1S/C20H21ClN2O3/c1-13-17(21)5-4-6-18(13)23-20(25)14(2)22-19(24)12-9-15-7-10-16(26-3)11-8-15/h4-12,14H,1-3H3,(H,22,24)(H,23,25). The van der Waals surface area contributed by atoms with Gasteiger partial charge in [0.2, 0.25) is 11.8 Å². The number of nitrogens with one attached hydrogen (secondary N) is 2. The molecule has 2 amide bonds. The number of benzene rings is 2. The highest BCUT2D eigenvalue weighted by Gasteiger charge is 2.15. The fourth-order valence-corrected chi connectivity index (χ4v) is 2.37. The first-order chi connectivity index (χ1) is 12.4. The molecule has 0 saturated carbocycles. The van der Waals surface area contributed by atoms with Crippen LogP contribution in [0.2, 0.25) is 5.02 Å². The molecule has 0 aliphatic heterocycles. The summed E-state index contributed by atoms with van der Waals surface area (Å²) in [4.78, 5) is 24.3. The van der Waals surface area contributed by atoms with E-state index in [-0.39, 0.29) is 11.8 Å². The SMILES string of the molecule is COc1ccc(C=CC(=O)NC(C)C(=O)Nc2cccc(Cl)c2C)cc1. The second-order valence-corrected chi connectivity index (χ2v) is 6.15. The van der Waals surface area contributed by atoms with Gasteiger partial charge in [-0.25, -0.2) is 0 Å². The van der Waals surface area contributed by atoms with E-state index in [0.717, 1.165) is 16.9 Å². The molecule has 0 radical (unpaired) electrons. The molecular weight excluding hydrogens is 352 g/mol. The number of rotatable bonds is 6. The van der Waals surface area contributed by atoms with Crippen molar-refractivity contribution in [2.45, 2.75) is 19.9 Å². The lowest BCUT2D eigenvalue weighted by Gasteiger charge is -2.15. The number of carbonyl (C=O) groups excluding carboxylic acids is 2. The van der Waals surface area contributed by atoms with E-state index >= 15 is 0 Å². The third-order valence-corrected chi connectivity index (χ3v) is 4.23. The zero-order valence-electron chi connectivity index (χ0n) is 14.9. The summed E-state index contributed by atoms with van der Waals surface area (Å²) in [5.41, 5.74) is 2.26. The number of hydrogen-bond donors (Lipinski definition) is 2. The van der Waals surface area contributed by atoms with Gasteiger partial charge in [0.15, 0.2) is 0 Å². The molecule has 6 heteroatoms. The summed E-state index contributed by atoms with van der Waals surface area (Å²) in [6, 6.07) is 11.9. The minimum absolute atomic E-state index is 0.318. The molecule has 0 aromatic heterocycles. The van der Waals surface area contributed by atoms with Crippen LogP contribution >= 0.6 is 11.6 Å². The van der Waals surface area contributed by atoms with Crippen molar-refractivity contribution in [3.05, 3.63) is 64.7 Å². The first-order valence-electron chi connectivity index (χ1n) is 8.09. The van der Waals surface area contributed by atoms with E-state index in [1.807, 2.05) is 19.1 Å². The molecule has 2 N–H and O–H groups in total. The monoisotopic (exact) mass is 372 g/mol. The van der Waals surface area contributed by atoms with Crippen LogP contribution in [0.15, 0.2) is 48.5 Å². The average Bonchev–Trinajstić information content (AvgIpc) is 2.64. The van der Waals surface area contributed by atoms with Gasteiger partial charge in [0.1, 0.15) is 11.8 Å².